The first-order chi connectivity index (χ1) is 13.2. The Morgan fingerprint density at radius 3 is 2.59 bits per heavy atom. The van der Waals surface area contributed by atoms with Crippen molar-refractivity contribution in [1.29, 1.82) is 0 Å². The zero-order valence-corrected chi connectivity index (χ0v) is 16.2. The van der Waals surface area contributed by atoms with Crippen molar-refractivity contribution in [3.8, 4) is 0 Å². The van der Waals surface area contributed by atoms with E-state index >= 15 is 0 Å². The Balaban J connectivity index is 1.45. The number of ether oxygens (including phenoxy) is 3. The summed E-state index contributed by atoms with van der Waals surface area (Å²) < 4.78 is 17.0. The molecule has 1 saturated carbocycles. The van der Waals surface area contributed by atoms with E-state index in [4.69, 9.17) is 14.2 Å². The maximum absolute atomic E-state index is 11.6. The quantitative estimate of drug-likeness (QED) is 0.777. The molecule has 1 aromatic heterocycles. The molecular formula is C19H30N4O4. The first-order valence-electron chi connectivity index (χ1n) is 9.77. The largest absolute Gasteiger partial charge is 0.385 e. The second-order valence-electron chi connectivity index (χ2n) is 7.84. The number of hydrogen-bond acceptors (Lipinski definition) is 8. The predicted molar refractivity (Wildman–Crippen MR) is 99.7 cm³/mol. The summed E-state index contributed by atoms with van der Waals surface area (Å²) in [5.74, 6) is 0.948. The van der Waals surface area contributed by atoms with E-state index in [2.05, 4.69) is 19.8 Å². The molecule has 0 aromatic carbocycles. The Hall–Kier alpha value is -1.32. The van der Waals surface area contributed by atoms with Crippen LogP contribution in [0.25, 0.3) is 0 Å². The average molecular weight is 378 g/mol. The summed E-state index contributed by atoms with van der Waals surface area (Å²) in [5, 5.41) is 11.6. The number of hydrogen-bond donors (Lipinski definition) is 1. The van der Waals surface area contributed by atoms with E-state index in [9.17, 15) is 5.11 Å². The van der Waals surface area contributed by atoms with Crippen molar-refractivity contribution in [3.63, 3.8) is 0 Å². The second kappa shape index (κ2) is 7.97. The molecule has 150 valence electrons. The summed E-state index contributed by atoms with van der Waals surface area (Å²) in [6.07, 6.45) is 5.31. The van der Waals surface area contributed by atoms with Gasteiger partial charge in [-0.3, -0.25) is 4.90 Å². The Morgan fingerprint density at radius 2 is 1.93 bits per heavy atom. The molecule has 0 amide bonds. The van der Waals surface area contributed by atoms with Gasteiger partial charge in [-0.15, -0.1) is 0 Å². The van der Waals surface area contributed by atoms with Crippen LogP contribution in [0.3, 0.4) is 0 Å². The SMILES string of the molecule is COC[C@H]1C[C@H]2C[C@@H](OC)[C@H](N3CCN(c4ncccn4)CC3)[C@]2(O)CO1. The molecule has 1 N–H and O–H groups in total. The summed E-state index contributed by atoms with van der Waals surface area (Å²) in [4.78, 5) is 13.3. The highest BCUT2D eigenvalue weighted by Crippen LogP contribution is 2.46. The van der Waals surface area contributed by atoms with Crippen molar-refractivity contribution >= 4 is 5.95 Å². The molecule has 3 heterocycles. The molecule has 1 aliphatic carbocycles. The van der Waals surface area contributed by atoms with Crippen LogP contribution in [0, 0.1) is 5.92 Å². The van der Waals surface area contributed by atoms with Crippen LogP contribution in [0.2, 0.25) is 0 Å². The lowest BCUT2D eigenvalue weighted by Crippen LogP contribution is -2.64. The van der Waals surface area contributed by atoms with E-state index in [1.165, 1.54) is 0 Å². The van der Waals surface area contributed by atoms with Gasteiger partial charge < -0.3 is 24.2 Å². The minimum absolute atomic E-state index is 0.0180. The number of nitrogens with zero attached hydrogens (tertiary/aromatic N) is 4. The number of anilines is 1. The van der Waals surface area contributed by atoms with Gasteiger partial charge in [0.1, 0.15) is 5.60 Å². The number of aromatic nitrogens is 2. The standard InChI is InChI=1S/C19H30N4O4/c1-25-12-15-10-14-11-16(26-2)17(19(14,24)13-27-15)22-6-8-23(9-7-22)18-20-4-3-5-21-18/h3-5,14-17,24H,6-13H2,1-2H3/t14-,15+,16+,17-,19-/m0/s1. The maximum atomic E-state index is 11.6. The fraction of sp³-hybridized carbons (Fsp3) is 0.789. The molecule has 27 heavy (non-hydrogen) atoms. The molecule has 8 heteroatoms. The van der Waals surface area contributed by atoms with Crippen molar-refractivity contribution in [2.24, 2.45) is 5.92 Å². The topological polar surface area (TPSA) is 80.2 Å². The Labute approximate surface area is 160 Å². The van der Waals surface area contributed by atoms with E-state index in [1.807, 2.05) is 6.07 Å². The zero-order chi connectivity index (χ0) is 18.9. The second-order valence-corrected chi connectivity index (χ2v) is 7.84. The summed E-state index contributed by atoms with van der Waals surface area (Å²) in [6, 6.07) is 1.78. The lowest BCUT2D eigenvalue weighted by atomic mass is 9.82. The van der Waals surface area contributed by atoms with Crippen molar-refractivity contribution in [2.75, 3.05) is 58.5 Å². The maximum Gasteiger partial charge on any atom is 0.225 e. The third-order valence-corrected chi connectivity index (χ3v) is 6.38. The Kier molecular flexibility index (Phi) is 5.61. The van der Waals surface area contributed by atoms with Gasteiger partial charge in [0.05, 0.1) is 31.5 Å². The number of piperazine rings is 1. The van der Waals surface area contributed by atoms with Gasteiger partial charge >= 0.3 is 0 Å². The van der Waals surface area contributed by atoms with E-state index in [0.29, 0.717) is 13.2 Å². The fourth-order valence-electron chi connectivity index (χ4n) is 5.05. The van der Waals surface area contributed by atoms with Crippen LogP contribution in [-0.4, -0.2) is 97.4 Å². The minimum atomic E-state index is -0.865. The molecule has 8 nitrogen and oxygen atoms in total. The third kappa shape index (κ3) is 3.56. The van der Waals surface area contributed by atoms with Crippen molar-refractivity contribution < 1.29 is 19.3 Å². The van der Waals surface area contributed by atoms with Gasteiger partial charge in [0.15, 0.2) is 0 Å². The van der Waals surface area contributed by atoms with Crippen LogP contribution < -0.4 is 4.90 Å². The van der Waals surface area contributed by atoms with E-state index in [0.717, 1.165) is 45.0 Å². The summed E-state index contributed by atoms with van der Waals surface area (Å²) in [6.45, 7) is 4.29. The highest BCUT2D eigenvalue weighted by molar-refractivity contribution is 5.29. The number of aliphatic hydroxyl groups is 1. The number of methoxy groups -OCH3 is 2. The molecular weight excluding hydrogens is 348 g/mol. The van der Waals surface area contributed by atoms with Gasteiger partial charge in [0, 0.05) is 52.8 Å². The predicted octanol–water partition coefficient (Wildman–Crippen LogP) is 0.169. The molecule has 0 unspecified atom stereocenters. The van der Waals surface area contributed by atoms with Crippen molar-refractivity contribution in [3.05, 3.63) is 18.5 Å². The molecule has 0 radical (unpaired) electrons. The highest BCUT2D eigenvalue weighted by Gasteiger charge is 2.59. The number of rotatable bonds is 5. The highest BCUT2D eigenvalue weighted by atomic mass is 16.5. The Morgan fingerprint density at radius 1 is 1.19 bits per heavy atom. The monoisotopic (exact) mass is 378 g/mol. The molecule has 0 spiro atoms. The average Bonchev–Trinajstić information content (AvgIpc) is 3.01. The molecule has 4 rings (SSSR count). The van der Waals surface area contributed by atoms with Crippen LogP contribution in [0.1, 0.15) is 12.8 Å². The molecule has 3 fully saturated rings. The molecule has 3 aliphatic rings. The van der Waals surface area contributed by atoms with Crippen LogP contribution in [0.4, 0.5) is 5.95 Å². The molecule has 2 saturated heterocycles. The molecule has 1 aromatic rings. The minimum Gasteiger partial charge on any atom is -0.385 e. The van der Waals surface area contributed by atoms with Gasteiger partial charge in [0.2, 0.25) is 5.95 Å². The van der Waals surface area contributed by atoms with Gasteiger partial charge in [-0.25, -0.2) is 9.97 Å². The zero-order valence-electron chi connectivity index (χ0n) is 16.2. The first kappa shape index (κ1) is 19.0. The van der Waals surface area contributed by atoms with Gasteiger partial charge in [0.25, 0.3) is 0 Å². The van der Waals surface area contributed by atoms with Crippen LogP contribution in [0.15, 0.2) is 18.5 Å². The summed E-state index contributed by atoms with van der Waals surface area (Å²) in [7, 11) is 3.44. The lowest BCUT2D eigenvalue weighted by Gasteiger charge is -2.47. The third-order valence-electron chi connectivity index (χ3n) is 6.38. The lowest BCUT2D eigenvalue weighted by molar-refractivity contribution is -0.181. The van der Waals surface area contributed by atoms with E-state index < -0.39 is 5.60 Å². The van der Waals surface area contributed by atoms with Crippen LogP contribution in [-0.2, 0) is 14.2 Å². The normalized spacial score (nSPS) is 37.4. The van der Waals surface area contributed by atoms with Gasteiger partial charge in [-0.05, 0) is 24.8 Å². The smallest absolute Gasteiger partial charge is 0.225 e. The Bertz CT molecular complexity index is 613. The molecule has 0 bridgehead atoms. The van der Waals surface area contributed by atoms with Crippen LogP contribution in [0.5, 0.6) is 0 Å². The first-order valence-corrected chi connectivity index (χ1v) is 9.77. The van der Waals surface area contributed by atoms with Crippen LogP contribution >= 0.6 is 0 Å². The number of fused-ring (bicyclic) bond motifs is 1. The summed E-state index contributed by atoms with van der Waals surface area (Å²) >= 11 is 0. The van der Waals surface area contributed by atoms with E-state index in [1.54, 1.807) is 26.6 Å². The van der Waals surface area contributed by atoms with Gasteiger partial charge in [-0.2, -0.15) is 0 Å². The van der Waals surface area contributed by atoms with Gasteiger partial charge in [-0.1, -0.05) is 0 Å². The van der Waals surface area contributed by atoms with Crippen molar-refractivity contribution in [1.82, 2.24) is 14.9 Å². The van der Waals surface area contributed by atoms with E-state index in [-0.39, 0.29) is 24.2 Å². The summed E-state index contributed by atoms with van der Waals surface area (Å²) in [5.41, 5.74) is -0.865. The fourth-order valence-corrected chi connectivity index (χ4v) is 5.05. The molecule has 2 aliphatic heterocycles. The molecule has 5 atom stereocenters. The van der Waals surface area contributed by atoms with Crippen molar-refractivity contribution in [2.45, 2.75) is 36.7 Å².